The summed E-state index contributed by atoms with van der Waals surface area (Å²) in [5, 5.41) is 10.8. The van der Waals surface area contributed by atoms with Crippen molar-refractivity contribution in [2.24, 2.45) is 11.7 Å². The fraction of sp³-hybridized carbons (Fsp3) is 0.250. The van der Waals surface area contributed by atoms with Crippen LogP contribution in [0.2, 0.25) is 10.0 Å². The first-order valence-electron chi connectivity index (χ1n) is 7.30. The van der Waals surface area contributed by atoms with E-state index in [1.165, 1.54) is 6.20 Å². The molecule has 2 aromatic heterocycles. The number of carbonyl (C=O) groups is 1. The quantitative estimate of drug-likeness (QED) is 0.752. The number of primary amides is 1. The summed E-state index contributed by atoms with van der Waals surface area (Å²) in [6, 6.07) is 0. The Hall–Kier alpha value is -2.18. The number of fused-ring (bicyclic) bond motifs is 1. The summed E-state index contributed by atoms with van der Waals surface area (Å²) in [4.78, 5) is 16.2. The number of halogens is 2. The summed E-state index contributed by atoms with van der Waals surface area (Å²) >= 11 is 12.3. The number of pyridine rings is 1. The van der Waals surface area contributed by atoms with Gasteiger partial charge < -0.3 is 16.6 Å². The molecule has 0 radical (unpaired) electrons. The standard InChI is InChI=1S/C16H16Cl2N4O2/c1-6-3-4-9(23)7(2)13(6)22-14(19)11(15(20)24)10-12(18)8(17)5-21-16(10)22/h4-6,23H,3,19H2,1-2H3,(H2,20,24)/t6-/m1/s1. The lowest BCUT2D eigenvalue weighted by atomic mass is 9.93. The van der Waals surface area contributed by atoms with Gasteiger partial charge in [-0.3, -0.25) is 9.36 Å². The van der Waals surface area contributed by atoms with Crippen LogP contribution in [0.4, 0.5) is 5.82 Å². The van der Waals surface area contributed by atoms with Gasteiger partial charge in [-0.15, -0.1) is 0 Å². The lowest BCUT2D eigenvalue weighted by Crippen LogP contribution is -2.17. The van der Waals surface area contributed by atoms with Crippen molar-refractivity contribution in [3.8, 4) is 0 Å². The molecule has 0 saturated heterocycles. The Balaban J connectivity index is 2.49. The summed E-state index contributed by atoms with van der Waals surface area (Å²) in [7, 11) is 0. The highest BCUT2D eigenvalue weighted by atomic mass is 35.5. The molecule has 24 heavy (non-hydrogen) atoms. The Morgan fingerprint density at radius 2 is 2.12 bits per heavy atom. The molecular formula is C16H16Cl2N4O2. The molecule has 1 aliphatic rings. The third-order valence-corrected chi connectivity index (χ3v) is 5.07. The Morgan fingerprint density at radius 3 is 2.75 bits per heavy atom. The molecule has 1 amide bonds. The average molecular weight is 367 g/mol. The Bertz CT molecular complexity index is 943. The number of nitrogen functional groups attached to an aromatic ring is 1. The van der Waals surface area contributed by atoms with Crippen molar-refractivity contribution in [3.05, 3.63) is 39.2 Å². The predicted octanol–water partition coefficient (Wildman–Crippen LogP) is 3.74. The van der Waals surface area contributed by atoms with Crippen LogP contribution in [0, 0.1) is 5.92 Å². The van der Waals surface area contributed by atoms with Crippen molar-refractivity contribution in [1.29, 1.82) is 0 Å². The molecular weight excluding hydrogens is 351 g/mol. The van der Waals surface area contributed by atoms with Gasteiger partial charge in [-0.25, -0.2) is 4.98 Å². The molecule has 0 bridgehead atoms. The van der Waals surface area contributed by atoms with Crippen molar-refractivity contribution < 1.29 is 9.90 Å². The van der Waals surface area contributed by atoms with Crippen LogP contribution in [-0.2, 0) is 0 Å². The first kappa shape index (κ1) is 16.7. The molecule has 126 valence electrons. The van der Waals surface area contributed by atoms with Crippen molar-refractivity contribution >= 4 is 51.7 Å². The third-order valence-electron chi connectivity index (χ3n) is 4.30. The number of hydrogen-bond donors (Lipinski definition) is 3. The molecule has 0 fully saturated rings. The van der Waals surface area contributed by atoms with Crippen molar-refractivity contribution in [1.82, 2.24) is 9.55 Å². The number of aliphatic hydroxyl groups excluding tert-OH is 1. The van der Waals surface area contributed by atoms with E-state index < -0.39 is 5.91 Å². The molecule has 2 aromatic rings. The molecule has 0 saturated carbocycles. The highest BCUT2D eigenvalue weighted by molar-refractivity contribution is 6.46. The molecule has 1 aliphatic carbocycles. The Morgan fingerprint density at radius 1 is 1.46 bits per heavy atom. The average Bonchev–Trinajstić information content (AvgIpc) is 2.81. The van der Waals surface area contributed by atoms with Gasteiger partial charge in [0, 0.05) is 23.4 Å². The normalized spacial score (nSPS) is 18.2. The first-order chi connectivity index (χ1) is 11.3. The van der Waals surface area contributed by atoms with Gasteiger partial charge >= 0.3 is 0 Å². The predicted molar refractivity (Wildman–Crippen MR) is 96.1 cm³/mol. The molecule has 0 aromatic carbocycles. The number of carbonyl (C=O) groups excluding carboxylic acids is 1. The minimum Gasteiger partial charge on any atom is -0.508 e. The number of anilines is 1. The summed E-state index contributed by atoms with van der Waals surface area (Å²) in [6.07, 6.45) is 3.77. The Kier molecular flexibility index (Phi) is 3.97. The fourth-order valence-corrected chi connectivity index (χ4v) is 3.51. The summed E-state index contributed by atoms with van der Waals surface area (Å²) in [6.45, 7) is 3.78. The lowest BCUT2D eigenvalue weighted by molar-refractivity contribution is 0.100. The maximum absolute atomic E-state index is 11.9. The van der Waals surface area contributed by atoms with Crippen LogP contribution in [-0.4, -0.2) is 20.6 Å². The number of nitrogens with zero attached hydrogens (tertiary/aromatic N) is 2. The SMILES string of the molecule is CC1=C(n2c(N)c(C(N)=O)c3c(Cl)c(Cl)cnc32)[C@H](C)CC=C1O. The van der Waals surface area contributed by atoms with Crippen molar-refractivity contribution in [2.75, 3.05) is 5.73 Å². The molecule has 0 spiro atoms. The number of hydrogen-bond acceptors (Lipinski definition) is 4. The number of amides is 1. The zero-order chi connectivity index (χ0) is 17.8. The van der Waals surface area contributed by atoms with Crippen LogP contribution < -0.4 is 11.5 Å². The number of aromatic nitrogens is 2. The highest BCUT2D eigenvalue weighted by Crippen LogP contribution is 2.41. The van der Waals surface area contributed by atoms with Crippen LogP contribution in [0.25, 0.3) is 16.7 Å². The molecule has 0 aliphatic heterocycles. The number of nitrogens with two attached hydrogens (primary N) is 2. The fourth-order valence-electron chi connectivity index (χ4n) is 3.14. The second-order valence-electron chi connectivity index (χ2n) is 5.81. The van der Waals surface area contributed by atoms with Crippen LogP contribution in [0.3, 0.4) is 0 Å². The molecule has 5 N–H and O–H groups in total. The van der Waals surface area contributed by atoms with E-state index in [9.17, 15) is 9.90 Å². The number of rotatable bonds is 2. The van der Waals surface area contributed by atoms with E-state index in [1.54, 1.807) is 17.6 Å². The van der Waals surface area contributed by atoms with Crippen molar-refractivity contribution in [2.45, 2.75) is 20.3 Å². The zero-order valence-corrected chi connectivity index (χ0v) is 14.6. The van der Waals surface area contributed by atoms with E-state index >= 15 is 0 Å². The van der Waals surface area contributed by atoms with Crippen molar-refractivity contribution in [3.63, 3.8) is 0 Å². The van der Waals surface area contributed by atoms with Crippen LogP contribution in [0.5, 0.6) is 0 Å². The molecule has 2 heterocycles. The highest BCUT2D eigenvalue weighted by Gasteiger charge is 2.29. The van der Waals surface area contributed by atoms with E-state index in [0.717, 1.165) is 5.70 Å². The van der Waals surface area contributed by atoms with Gasteiger partial charge in [-0.2, -0.15) is 0 Å². The van der Waals surface area contributed by atoms with E-state index in [2.05, 4.69) is 4.98 Å². The van der Waals surface area contributed by atoms with Gasteiger partial charge in [0.05, 0.1) is 21.0 Å². The van der Waals surface area contributed by atoms with E-state index in [1.807, 2.05) is 6.92 Å². The van der Waals surface area contributed by atoms with Gasteiger partial charge in [0.1, 0.15) is 17.2 Å². The molecule has 8 heteroatoms. The van der Waals surface area contributed by atoms with E-state index in [4.69, 9.17) is 34.7 Å². The Labute approximate surface area is 148 Å². The molecule has 0 unspecified atom stereocenters. The van der Waals surface area contributed by atoms with Crippen LogP contribution in [0.1, 0.15) is 30.6 Å². The molecule has 3 rings (SSSR count). The molecule has 6 nitrogen and oxygen atoms in total. The van der Waals surface area contributed by atoms with Gasteiger partial charge in [-0.05, 0) is 19.4 Å². The van der Waals surface area contributed by atoms with E-state index in [-0.39, 0.29) is 33.1 Å². The second-order valence-corrected chi connectivity index (χ2v) is 6.60. The maximum atomic E-state index is 11.9. The maximum Gasteiger partial charge on any atom is 0.253 e. The zero-order valence-electron chi connectivity index (χ0n) is 13.1. The van der Waals surface area contributed by atoms with Gasteiger partial charge in [0.15, 0.2) is 0 Å². The smallest absolute Gasteiger partial charge is 0.253 e. The minimum atomic E-state index is -0.719. The third kappa shape index (κ3) is 2.25. The number of aliphatic hydroxyl groups is 1. The topological polar surface area (TPSA) is 107 Å². The summed E-state index contributed by atoms with van der Waals surface area (Å²) < 4.78 is 1.63. The minimum absolute atomic E-state index is 0.0516. The summed E-state index contributed by atoms with van der Waals surface area (Å²) in [5.41, 5.74) is 13.6. The van der Waals surface area contributed by atoms with Gasteiger partial charge in [0.2, 0.25) is 0 Å². The first-order valence-corrected chi connectivity index (χ1v) is 8.05. The van der Waals surface area contributed by atoms with Crippen LogP contribution >= 0.6 is 23.2 Å². The van der Waals surface area contributed by atoms with Crippen LogP contribution in [0.15, 0.2) is 23.6 Å². The molecule has 1 atom stereocenters. The monoisotopic (exact) mass is 366 g/mol. The number of allylic oxidation sites excluding steroid dienone is 3. The largest absolute Gasteiger partial charge is 0.508 e. The van der Waals surface area contributed by atoms with Gasteiger partial charge in [0.25, 0.3) is 5.91 Å². The van der Waals surface area contributed by atoms with Gasteiger partial charge in [-0.1, -0.05) is 30.1 Å². The second kappa shape index (κ2) is 5.72. The lowest BCUT2D eigenvalue weighted by Gasteiger charge is -2.24. The summed E-state index contributed by atoms with van der Waals surface area (Å²) in [5.74, 6) is -0.366. The van der Waals surface area contributed by atoms with E-state index in [0.29, 0.717) is 23.0 Å².